The highest BCUT2D eigenvalue weighted by Crippen LogP contribution is 2.57. The first kappa shape index (κ1) is 13.8. The molecule has 0 radical (unpaired) electrons. The molecule has 1 heterocycles. The van der Waals surface area contributed by atoms with Crippen LogP contribution in [-0.2, 0) is 14.3 Å². The summed E-state index contributed by atoms with van der Waals surface area (Å²) >= 11 is 0. The molecule has 0 aromatic heterocycles. The van der Waals surface area contributed by atoms with Crippen LogP contribution in [0.1, 0.15) is 39.0 Å². The Bertz CT molecular complexity index is 474. The van der Waals surface area contributed by atoms with E-state index >= 15 is 0 Å². The van der Waals surface area contributed by atoms with Crippen LogP contribution in [-0.4, -0.2) is 23.8 Å². The molecule has 0 aromatic carbocycles. The molecule has 1 aliphatic heterocycles. The van der Waals surface area contributed by atoms with Gasteiger partial charge >= 0.3 is 0 Å². The molecular formula is C17H22O3. The summed E-state index contributed by atoms with van der Waals surface area (Å²) in [7, 11) is 0. The van der Waals surface area contributed by atoms with E-state index in [9.17, 15) is 4.79 Å². The molecule has 0 amide bonds. The summed E-state index contributed by atoms with van der Waals surface area (Å²) in [5.41, 5.74) is 0.977. The lowest BCUT2D eigenvalue weighted by atomic mass is 9.62. The molecule has 1 saturated heterocycles. The highest BCUT2D eigenvalue weighted by molar-refractivity contribution is 5.91. The fourth-order valence-corrected chi connectivity index (χ4v) is 3.87. The third-order valence-electron chi connectivity index (χ3n) is 5.15. The van der Waals surface area contributed by atoms with Crippen LogP contribution in [0.5, 0.6) is 0 Å². The largest absolute Gasteiger partial charge is 0.339 e. The van der Waals surface area contributed by atoms with Crippen LogP contribution in [0.2, 0.25) is 0 Å². The molecule has 3 atom stereocenters. The number of fused-ring (bicyclic) bond motifs is 2. The van der Waals surface area contributed by atoms with E-state index in [1.807, 2.05) is 6.08 Å². The van der Waals surface area contributed by atoms with Crippen LogP contribution in [0.4, 0.5) is 0 Å². The molecule has 2 fully saturated rings. The van der Waals surface area contributed by atoms with Gasteiger partial charge in [0.15, 0.2) is 11.6 Å². The monoisotopic (exact) mass is 274 g/mol. The molecule has 0 unspecified atom stereocenters. The molecule has 1 saturated carbocycles. The smallest absolute Gasteiger partial charge is 0.179 e. The van der Waals surface area contributed by atoms with E-state index in [4.69, 9.17) is 9.47 Å². The average molecular weight is 274 g/mol. The number of hydrogen-bond acceptors (Lipinski definition) is 3. The fourth-order valence-electron chi connectivity index (χ4n) is 3.87. The maximum absolute atomic E-state index is 11.7. The number of rotatable bonds is 2. The predicted molar refractivity (Wildman–Crippen MR) is 77.2 cm³/mol. The molecule has 0 bridgehead atoms. The van der Waals surface area contributed by atoms with E-state index in [0.29, 0.717) is 6.42 Å². The molecule has 3 heteroatoms. The molecule has 1 spiro atoms. The Morgan fingerprint density at radius 2 is 1.85 bits per heavy atom. The quantitative estimate of drug-likeness (QED) is 0.725. The molecule has 0 N–H and O–H groups in total. The van der Waals surface area contributed by atoms with Crippen molar-refractivity contribution in [2.24, 2.45) is 5.41 Å². The number of allylic oxidation sites excluding steroid dienone is 1. The van der Waals surface area contributed by atoms with Crippen LogP contribution in [0.15, 0.2) is 37.0 Å². The summed E-state index contributed by atoms with van der Waals surface area (Å²) in [6, 6.07) is 0. The number of ketones is 1. The number of carbonyl (C=O) groups is 1. The lowest BCUT2D eigenvalue weighted by Crippen LogP contribution is -2.53. The first-order valence-corrected chi connectivity index (χ1v) is 7.39. The maximum atomic E-state index is 11.7. The van der Waals surface area contributed by atoms with Crippen LogP contribution in [0.25, 0.3) is 0 Å². The molecule has 20 heavy (non-hydrogen) atoms. The van der Waals surface area contributed by atoms with Gasteiger partial charge in [0.1, 0.15) is 12.2 Å². The lowest BCUT2D eigenvalue weighted by molar-refractivity contribution is -0.246. The van der Waals surface area contributed by atoms with E-state index in [2.05, 4.69) is 20.1 Å². The normalized spacial score (nSPS) is 39.2. The SMILES string of the molecule is C=C[C@H]1OC2(CCCC3=CC(=O)CC[C@@]32C)O[C@@H]1C=C. The third-order valence-corrected chi connectivity index (χ3v) is 5.15. The topological polar surface area (TPSA) is 35.5 Å². The van der Waals surface area contributed by atoms with Gasteiger partial charge in [-0.3, -0.25) is 4.79 Å². The van der Waals surface area contributed by atoms with Gasteiger partial charge in [0, 0.05) is 18.3 Å². The highest BCUT2D eigenvalue weighted by atomic mass is 16.8. The maximum Gasteiger partial charge on any atom is 0.179 e. The predicted octanol–water partition coefficient (Wildman–Crippen LogP) is 3.32. The van der Waals surface area contributed by atoms with Gasteiger partial charge in [-0.25, -0.2) is 0 Å². The Labute approximate surface area is 120 Å². The van der Waals surface area contributed by atoms with E-state index in [0.717, 1.165) is 25.7 Å². The zero-order valence-electron chi connectivity index (χ0n) is 12.1. The van der Waals surface area contributed by atoms with Crippen molar-refractivity contribution in [1.29, 1.82) is 0 Å². The van der Waals surface area contributed by atoms with Crippen LogP contribution < -0.4 is 0 Å². The second kappa shape index (κ2) is 4.68. The standard InChI is InChI=1S/C17H22O3/c1-4-14-15(5-2)20-17(19-14)9-6-7-12-11-13(18)8-10-16(12,17)3/h4-5,11,14-15H,1-2,6-10H2,3H3/t14-,15-,16+/m1/s1. The van der Waals surface area contributed by atoms with E-state index in [-0.39, 0.29) is 23.4 Å². The van der Waals surface area contributed by atoms with Gasteiger partial charge in [0.05, 0.1) is 0 Å². The van der Waals surface area contributed by atoms with Crippen molar-refractivity contribution in [2.75, 3.05) is 0 Å². The van der Waals surface area contributed by atoms with Crippen molar-refractivity contribution in [3.8, 4) is 0 Å². The molecule has 3 nitrogen and oxygen atoms in total. The van der Waals surface area contributed by atoms with Gasteiger partial charge < -0.3 is 9.47 Å². The van der Waals surface area contributed by atoms with Crippen molar-refractivity contribution in [3.05, 3.63) is 37.0 Å². The Morgan fingerprint density at radius 1 is 1.20 bits per heavy atom. The van der Waals surface area contributed by atoms with Crippen molar-refractivity contribution < 1.29 is 14.3 Å². The number of hydrogen-bond donors (Lipinski definition) is 0. The minimum absolute atomic E-state index is 0.152. The second-order valence-corrected chi connectivity index (χ2v) is 6.21. The Balaban J connectivity index is 2.01. The Hall–Kier alpha value is -1.19. The molecule has 3 aliphatic rings. The van der Waals surface area contributed by atoms with Gasteiger partial charge in [0.25, 0.3) is 0 Å². The summed E-state index contributed by atoms with van der Waals surface area (Å²) in [4.78, 5) is 11.7. The molecular weight excluding hydrogens is 252 g/mol. The molecule has 3 rings (SSSR count). The summed E-state index contributed by atoms with van der Waals surface area (Å²) in [5.74, 6) is -0.400. The van der Waals surface area contributed by atoms with E-state index in [1.54, 1.807) is 12.2 Å². The third kappa shape index (κ3) is 1.76. The summed E-state index contributed by atoms with van der Waals surface area (Å²) in [6.45, 7) is 9.85. The van der Waals surface area contributed by atoms with Crippen LogP contribution in [0.3, 0.4) is 0 Å². The highest BCUT2D eigenvalue weighted by Gasteiger charge is 2.60. The van der Waals surface area contributed by atoms with Gasteiger partial charge in [-0.1, -0.05) is 24.6 Å². The first-order valence-electron chi connectivity index (χ1n) is 7.39. The summed E-state index contributed by atoms with van der Waals surface area (Å²) in [6.07, 6.45) is 9.29. The Morgan fingerprint density at radius 3 is 2.45 bits per heavy atom. The summed E-state index contributed by atoms with van der Waals surface area (Å²) in [5, 5.41) is 0. The first-order chi connectivity index (χ1) is 9.54. The molecule has 2 aliphatic carbocycles. The van der Waals surface area contributed by atoms with Crippen molar-refractivity contribution in [3.63, 3.8) is 0 Å². The minimum Gasteiger partial charge on any atom is -0.339 e. The van der Waals surface area contributed by atoms with Crippen molar-refractivity contribution in [2.45, 2.75) is 57.0 Å². The minimum atomic E-state index is -0.629. The summed E-state index contributed by atoms with van der Waals surface area (Å²) < 4.78 is 12.6. The second-order valence-electron chi connectivity index (χ2n) is 6.21. The average Bonchev–Trinajstić information content (AvgIpc) is 2.81. The zero-order chi connectivity index (χ0) is 14.4. The van der Waals surface area contributed by atoms with Gasteiger partial charge in [0.2, 0.25) is 0 Å². The van der Waals surface area contributed by atoms with Gasteiger partial charge in [-0.2, -0.15) is 0 Å². The number of carbonyl (C=O) groups excluding carboxylic acids is 1. The van der Waals surface area contributed by atoms with Gasteiger partial charge in [-0.05, 0) is 25.3 Å². The zero-order valence-corrected chi connectivity index (χ0v) is 12.1. The molecule has 108 valence electrons. The van der Waals surface area contributed by atoms with Crippen molar-refractivity contribution >= 4 is 5.78 Å². The van der Waals surface area contributed by atoms with E-state index in [1.165, 1.54) is 5.57 Å². The lowest BCUT2D eigenvalue weighted by Gasteiger charge is -2.51. The fraction of sp³-hybridized carbons (Fsp3) is 0.588. The van der Waals surface area contributed by atoms with Crippen molar-refractivity contribution in [1.82, 2.24) is 0 Å². The van der Waals surface area contributed by atoms with E-state index < -0.39 is 5.79 Å². The van der Waals surface area contributed by atoms with Crippen LogP contribution >= 0.6 is 0 Å². The molecule has 0 aromatic rings. The number of ether oxygens (including phenoxy) is 2. The van der Waals surface area contributed by atoms with Gasteiger partial charge in [-0.15, -0.1) is 13.2 Å². The Kier molecular flexibility index (Phi) is 3.22. The van der Waals surface area contributed by atoms with Crippen LogP contribution in [0, 0.1) is 5.41 Å².